The Balaban J connectivity index is 1.97. The molecule has 3 heteroatoms. The molecule has 3 nitrogen and oxygen atoms in total. The number of hydrogen-bond donors (Lipinski definition) is 0. The summed E-state index contributed by atoms with van der Waals surface area (Å²) in [6.07, 6.45) is 8.62. The largest absolute Gasteiger partial charge is 0.466 e. The third-order valence-electron chi connectivity index (χ3n) is 4.18. The molecule has 1 aliphatic carbocycles. The van der Waals surface area contributed by atoms with Gasteiger partial charge in [0.15, 0.2) is 0 Å². The summed E-state index contributed by atoms with van der Waals surface area (Å²) >= 11 is 0. The van der Waals surface area contributed by atoms with Crippen molar-refractivity contribution in [3.8, 4) is 0 Å². The minimum atomic E-state index is 0.0442. The highest BCUT2D eigenvalue weighted by Gasteiger charge is 2.35. The number of carbonyl (C=O) groups is 1. The van der Waals surface area contributed by atoms with Gasteiger partial charge in [0.2, 0.25) is 0 Å². The number of nitrogens with zero attached hydrogens (tertiary/aromatic N) is 1. The van der Waals surface area contributed by atoms with E-state index < -0.39 is 0 Å². The lowest BCUT2D eigenvalue weighted by Crippen LogP contribution is -2.47. The Morgan fingerprint density at radius 1 is 1.12 bits per heavy atom. The minimum absolute atomic E-state index is 0.0442. The van der Waals surface area contributed by atoms with Crippen LogP contribution in [0.5, 0.6) is 0 Å². The summed E-state index contributed by atoms with van der Waals surface area (Å²) in [5.41, 5.74) is 0. The molecule has 2 aliphatic rings. The van der Waals surface area contributed by atoms with E-state index in [1.54, 1.807) is 0 Å². The molecule has 98 valence electrons. The first-order valence-corrected chi connectivity index (χ1v) is 7.23. The third kappa shape index (κ3) is 3.21. The van der Waals surface area contributed by atoms with Crippen molar-refractivity contribution in [3.05, 3.63) is 0 Å². The van der Waals surface area contributed by atoms with E-state index >= 15 is 0 Å². The van der Waals surface area contributed by atoms with Crippen LogP contribution in [-0.2, 0) is 9.53 Å². The first kappa shape index (κ1) is 12.9. The van der Waals surface area contributed by atoms with Gasteiger partial charge in [0.1, 0.15) is 0 Å². The van der Waals surface area contributed by atoms with Crippen LogP contribution in [0.3, 0.4) is 0 Å². The quantitative estimate of drug-likeness (QED) is 0.709. The van der Waals surface area contributed by atoms with Crippen molar-refractivity contribution in [2.45, 2.75) is 57.9 Å². The van der Waals surface area contributed by atoms with E-state index in [2.05, 4.69) is 4.90 Å². The number of likely N-dealkylation sites (tertiary alicyclic amines) is 1. The van der Waals surface area contributed by atoms with E-state index in [4.69, 9.17) is 4.74 Å². The van der Waals surface area contributed by atoms with Gasteiger partial charge in [-0.1, -0.05) is 19.3 Å². The van der Waals surface area contributed by atoms with Crippen LogP contribution in [0.1, 0.15) is 51.9 Å². The second-order valence-electron chi connectivity index (χ2n) is 5.31. The standard InChI is InChI=1S/C14H25NO2/c1-2-17-14(16)12-8-4-5-9-13(12)15-10-6-3-7-11-15/h12-13H,2-11H2,1H3/t12-,13+/m1/s1. The summed E-state index contributed by atoms with van der Waals surface area (Å²) in [5.74, 6) is 0.185. The predicted octanol–water partition coefficient (Wildman–Crippen LogP) is 2.59. The van der Waals surface area contributed by atoms with Gasteiger partial charge in [-0.3, -0.25) is 9.69 Å². The molecule has 0 N–H and O–H groups in total. The number of hydrogen-bond acceptors (Lipinski definition) is 3. The fourth-order valence-corrected chi connectivity index (χ4v) is 3.32. The normalized spacial score (nSPS) is 31.1. The van der Waals surface area contributed by atoms with E-state index in [1.807, 2.05) is 6.92 Å². The molecule has 1 saturated carbocycles. The van der Waals surface area contributed by atoms with Crippen molar-refractivity contribution < 1.29 is 9.53 Å². The van der Waals surface area contributed by atoms with Crippen LogP contribution >= 0.6 is 0 Å². The maximum absolute atomic E-state index is 12.0. The van der Waals surface area contributed by atoms with E-state index in [0.717, 1.165) is 6.42 Å². The van der Waals surface area contributed by atoms with E-state index in [-0.39, 0.29) is 11.9 Å². The zero-order valence-electron chi connectivity index (χ0n) is 11.0. The Morgan fingerprint density at radius 2 is 1.82 bits per heavy atom. The number of esters is 1. The topological polar surface area (TPSA) is 29.5 Å². The average Bonchev–Trinajstić information content (AvgIpc) is 2.40. The maximum Gasteiger partial charge on any atom is 0.310 e. The SMILES string of the molecule is CCOC(=O)[C@@H]1CCCC[C@@H]1N1CCCCC1. The summed E-state index contributed by atoms with van der Waals surface area (Å²) in [6.45, 7) is 4.78. The molecule has 0 radical (unpaired) electrons. The summed E-state index contributed by atoms with van der Waals surface area (Å²) in [5, 5.41) is 0. The van der Waals surface area contributed by atoms with Crippen LogP contribution in [-0.4, -0.2) is 36.6 Å². The zero-order valence-corrected chi connectivity index (χ0v) is 11.0. The molecule has 0 spiro atoms. The number of carbonyl (C=O) groups excluding carboxylic acids is 1. The third-order valence-corrected chi connectivity index (χ3v) is 4.18. The van der Waals surface area contributed by atoms with Crippen molar-refractivity contribution in [3.63, 3.8) is 0 Å². The highest BCUT2D eigenvalue weighted by atomic mass is 16.5. The molecule has 0 amide bonds. The fourth-order valence-electron chi connectivity index (χ4n) is 3.32. The van der Waals surface area contributed by atoms with Gasteiger partial charge in [0.05, 0.1) is 12.5 Å². The summed E-state index contributed by atoms with van der Waals surface area (Å²) in [7, 11) is 0. The van der Waals surface area contributed by atoms with Crippen molar-refractivity contribution >= 4 is 5.97 Å². The molecule has 0 unspecified atom stereocenters. The van der Waals surface area contributed by atoms with Crippen LogP contribution in [0.2, 0.25) is 0 Å². The first-order chi connectivity index (χ1) is 8.33. The van der Waals surface area contributed by atoms with Crippen LogP contribution < -0.4 is 0 Å². The molecule has 0 aromatic heterocycles. The molecule has 0 bridgehead atoms. The Morgan fingerprint density at radius 3 is 2.53 bits per heavy atom. The molecule has 1 saturated heterocycles. The lowest BCUT2D eigenvalue weighted by Gasteiger charge is -2.40. The second kappa shape index (κ2) is 6.39. The highest BCUT2D eigenvalue weighted by molar-refractivity contribution is 5.73. The molecular weight excluding hydrogens is 214 g/mol. The molecule has 1 heterocycles. The lowest BCUT2D eigenvalue weighted by atomic mass is 9.83. The zero-order chi connectivity index (χ0) is 12.1. The molecule has 0 aromatic rings. The van der Waals surface area contributed by atoms with Gasteiger partial charge < -0.3 is 4.74 Å². The highest BCUT2D eigenvalue weighted by Crippen LogP contribution is 2.31. The van der Waals surface area contributed by atoms with E-state index in [1.165, 1.54) is 51.6 Å². The van der Waals surface area contributed by atoms with Gasteiger partial charge in [0.25, 0.3) is 0 Å². The van der Waals surface area contributed by atoms with Gasteiger partial charge in [-0.05, 0) is 45.7 Å². The number of rotatable bonds is 3. The van der Waals surface area contributed by atoms with Gasteiger partial charge in [-0.2, -0.15) is 0 Å². The minimum Gasteiger partial charge on any atom is -0.466 e. The Labute approximate surface area is 105 Å². The molecule has 2 atom stereocenters. The summed E-state index contributed by atoms with van der Waals surface area (Å²) in [6, 6.07) is 0.461. The van der Waals surface area contributed by atoms with Crippen molar-refractivity contribution in [2.75, 3.05) is 19.7 Å². The van der Waals surface area contributed by atoms with E-state index in [0.29, 0.717) is 12.6 Å². The summed E-state index contributed by atoms with van der Waals surface area (Å²) < 4.78 is 5.24. The van der Waals surface area contributed by atoms with Crippen LogP contribution in [0, 0.1) is 5.92 Å². The molecule has 17 heavy (non-hydrogen) atoms. The molecule has 2 fully saturated rings. The van der Waals surface area contributed by atoms with Gasteiger partial charge in [-0.25, -0.2) is 0 Å². The predicted molar refractivity (Wildman–Crippen MR) is 67.8 cm³/mol. The molecular formula is C14H25NO2. The van der Waals surface area contributed by atoms with Crippen molar-refractivity contribution in [1.82, 2.24) is 4.90 Å². The molecule has 0 aromatic carbocycles. The molecule has 1 aliphatic heterocycles. The van der Waals surface area contributed by atoms with Crippen LogP contribution in [0.4, 0.5) is 0 Å². The smallest absolute Gasteiger partial charge is 0.310 e. The van der Waals surface area contributed by atoms with Crippen molar-refractivity contribution in [1.29, 1.82) is 0 Å². The molecule has 2 rings (SSSR count). The summed E-state index contributed by atoms with van der Waals surface area (Å²) in [4.78, 5) is 14.5. The number of ether oxygens (including phenoxy) is 1. The monoisotopic (exact) mass is 239 g/mol. The number of piperidine rings is 1. The van der Waals surface area contributed by atoms with Gasteiger partial charge in [-0.15, -0.1) is 0 Å². The lowest BCUT2D eigenvalue weighted by molar-refractivity contribution is -0.152. The second-order valence-corrected chi connectivity index (χ2v) is 5.31. The van der Waals surface area contributed by atoms with E-state index in [9.17, 15) is 4.79 Å². The van der Waals surface area contributed by atoms with Crippen molar-refractivity contribution in [2.24, 2.45) is 5.92 Å². The van der Waals surface area contributed by atoms with Crippen LogP contribution in [0.25, 0.3) is 0 Å². The average molecular weight is 239 g/mol. The van der Waals surface area contributed by atoms with Crippen LogP contribution in [0.15, 0.2) is 0 Å². The fraction of sp³-hybridized carbons (Fsp3) is 0.929. The maximum atomic E-state index is 12.0. The van der Waals surface area contributed by atoms with Gasteiger partial charge >= 0.3 is 5.97 Å². The van der Waals surface area contributed by atoms with Gasteiger partial charge in [0, 0.05) is 6.04 Å². The first-order valence-electron chi connectivity index (χ1n) is 7.23. The Bertz CT molecular complexity index is 249. The Hall–Kier alpha value is -0.570. The Kier molecular flexibility index (Phi) is 4.84.